The lowest BCUT2D eigenvalue weighted by Crippen LogP contribution is -2.70. The number of fused-ring (bicyclic) bond motifs is 2. The standard InChI is InChI=1S/C44H67N3O9/c1-3-25-55-44-40(47(21-26-53-28-24-50)41(51)17-14-32-10-4-5-11-32)31-38(45-52-2)36-29-33(12-6-8-22-48)35(13-7-9-23-49)42(43(36)44)37-30-34(15-16-39(37)56-44)54-27-20-46-18-19-46/h3,15-16,29-30,32-33,35,40,42-43,48-50H,1,4-14,17-28,31H2,2H3. The van der Waals surface area contributed by atoms with Gasteiger partial charge in [-0.1, -0.05) is 55.8 Å². The molecule has 5 aliphatic rings. The third kappa shape index (κ3) is 10.2. The Morgan fingerprint density at radius 2 is 1.82 bits per heavy atom. The number of ether oxygens (including phenoxy) is 4. The smallest absolute Gasteiger partial charge is 0.239 e. The molecule has 6 unspecified atom stereocenters. The number of aliphatic hydroxyl groups is 3. The lowest BCUT2D eigenvalue weighted by atomic mass is 9.55. The molecule has 3 fully saturated rings. The number of allylic oxidation sites excluding steroid dienone is 1. The first-order valence-corrected chi connectivity index (χ1v) is 21.4. The van der Waals surface area contributed by atoms with Gasteiger partial charge >= 0.3 is 0 Å². The third-order valence-electron chi connectivity index (χ3n) is 12.7. The predicted octanol–water partition coefficient (Wildman–Crippen LogP) is 5.45. The second kappa shape index (κ2) is 21.1. The van der Waals surface area contributed by atoms with Gasteiger partial charge in [-0.05, 0) is 73.6 Å². The van der Waals surface area contributed by atoms with E-state index in [1.54, 1.807) is 13.2 Å². The molecule has 56 heavy (non-hydrogen) atoms. The predicted molar refractivity (Wildman–Crippen MR) is 215 cm³/mol. The van der Waals surface area contributed by atoms with E-state index in [-0.39, 0.29) is 69.2 Å². The van der Waals surface area contributed by atoms with Gasteiger partial charge in [0.25, 0.3) is 0 Å². The Bertz CT molecular complexity index is 1480. The molecule has 2 heterocycles. The Balaban J connectivity index is 1.49. The fourth-order valence-corrected chi connectivity index (χ4v) is 9.99. The van der Waals surface area contributed by atoms with E-state index >= 15 is 0 Å². The van der Waals surface area contributed by atoms with E-state index in [0.717, 1.165) is 93.6 Å². The zero-order chi connectivity index (χ0) is 39.3. The number of unbranched alkanes of at least 4 members (excludes halogenated alkanes) is 2. The molecule has 1 aromatic rings. The molecule has 3 N–H and O–H groups in total. The van der Waals surface area contributed by atoms with Crippen LogP contribution in [-0.4, -0.2) is 128 Å². The average Bonchev–Trinajstić information content (AvgIpc) is 3.88. The number of rotatable bonds is 25. The van der Waals surface area contributed by atoms with Gasteiger partial charge in [-0.15, -0.1) is 6.58 Å². The number of nitrogens with zero attached hydrogens (tertiary/aromatic N) is 3. The van der Waals surface area contributed by atoms with E-state index in [1.807, 2.05) is 17.0 Å². The van der Waals surface area contributed by atoms with Crippen molar-refractivity contribution in [1.82, 2.24) is 9.80 Å². The molecular weight excluding hydrogens is 714 g/mol. The molecule has 0 aromatic heterocycles. The van der Waals surface area contributed by atoms with Gasteiger partial charge in [-0.2, -0.15) is 0 Å². The Morgan fingerprint density at radius 3 is 2.54 bits per heavy atom. The van der Waals surface area contributed by atoms with Crippen molar-refractivity contribution >= 4 is 11.6 Å². The number of carbonyl (C=O) groups excluding carboxylic acids is 1. The number of hydrogen-bond donors (Lipinski definition) is 3. The summed E-state index contributed by atoms with van der Waals surface area (Å²) in [5.41, 5.74) is 2.83. The van der Waals surface area contributed by atoms with Gasteiger partial charge in [0.05, 0.1) is 38.1 Å². The molecule has 6 rings (SSSR count). The highest BCUT2D eigenvalue weighted by Crippen LogP contribution is 2.62. The molecule has 0 bridgehead atoms. The van der Waals surface area contributed by atoms with Crippen molar-refractivity contribution in [1.29, 1.82) is 0 Å². The number of carbonyl (C=O) groups is 1. The van der Waals surface area contributed by atoms with Crippen molar-refractivity contribution in [2.75, 3.05) is 79.5 Å². The van der Waals surface area contributed by atoms with Crippen LogP contribution in [-0.2, 0) is 19.1 Å². The van der Waals surface area contributed by atoms with Crippen LogP contribution in [0.2, 0.25) is 0 Å². The van der Waals surface area contributed by atoms with E-state index < -0.39 is 11.8 Å². The van der Waals surface area contributed by atoms with Gasteiger partial charge in [-0.25, -0.2) is 0 Å². The second-order valence-electron chi connectivity index (χ2n) is 16.3. The molecule has 2 aliphatic heterocycles. The highest BCUT2D eigenvalue weighted by atomic mass is 16.7. The first kappa shape index (κ1) is 42.6. The molecule has 2 saturated carbocycles. The molecule has 1 saturated heterocycles. The maximum Gasteiger partial charge on any atom is 0.239 e. The van der Waals surface area contributed by atoms with Crippen LogP contribution < -0.4 is 9.47 Å². The largest absolute Gasteiger partial charge is 0.492 e. The van der Waals surface area contributed by atoms with Gasteiger partial charge in [0, 0.05) is 63.7 Å². The molecule has 1 aromatic carbocycles. The van der Waals surface area contributed by atoms with Gasteiger partial charge < -0.3 is 44.0 Å². The number of aliphatic hydroxyl groups excluding tert-OH is 3. The normalized spacial score (nSPS) is 27.6. The Labute approximate surface area is 333 Å². The minimum absolute atomic E-state index is 0.0264. The molecule has 312 valence electrons. The summed E-state index contributed by atoms with van der Waals surface area (Å²) in [6.45, 7) is 8.84. The van der Waals surface area contributed by atoms with Crippen molar-refractivity contribution in [3.8, 4) is 11.5 Å². The Morgan fingerprint density at radius 1 is 1.04 bits per heavy atom. The van der Waals surface area contributed by atoms with E-state index in [2.05, 4.69) is 23.6 Å². The third-order valence-corrected chi connectivity index (χ3v) is 12.7. The molecular formula is C44H67N3O9. The average molecular weight is 782 g/mol. The second-order valence-corrected chi connectivity index (χ2v) is 16.3. The lowest BCUT2D eigenvalue weighted by Gasteiger charge is -2.60. The SMILES string of the molecule is C=CCOC12Oc3ccc(OCCN4CC4)cc3C3C(CCCCO)C(CCCCO)C=C(C(=NOC)CC1N(CCOCCO)C(=O)CCC1CCCC1)C32. The summed E-state index contributed by atoms with van der Waals surface area (Å²) in [5.74, 6) is 0.581. The number of amides is 1. The number of benzene rings is 1. The van der Waals surface area contributed by atoms with Gasteiger partial charge in [0.1, 0.15) is 31.3 Å². The highest BCUT2D eigenvalue weighted by molar-refractivity contribution is 6.03. The van der Waals surface area contributed by atoms with Crippen molar-refractivity contribution in [2.45, 2.75) is 101 Å². The van der Waals surface area contributed by atoms with Crippen LogP contribution in [0.1, 0.15) is 95.0 Å². The van der Waals surface area contributed by atoms with Crippen molar-refractivity contribution in [3.63, 3.8) is 0 Å². The first-order chi connectivity index (χ1) is 27.5. The summed E-state index contributed by atoms with van der Waals surface area (Å²) in [6.07, 6.45) is 15.3. The number of oxime groups is 1. The Kier molecular flexibility index (Phi) is 16.1. The molecule has 0 spiro atoms. The van der Waals surface area contributed by atoms with Gasteiger partial charge in [0.2, 0.25) is 11.7 Å². The molecule has 12 heteroatoms. The highest BCUT2D eigenvalue weighted by Gasteiger charge is 2.65. The minimum Gasteiger partial charge on any atom is -0.492 e. The van der Waals surface area contributed by atoms with Crippen LogP contribution >= 0.6 is 0 Å². The summed E-state index contributed by atoms with van der Waals surface area (Å²) < 4.78 is 26.6. The zero-order valence-electron chi connectivity index (χ0n) is 33.7. The zero-order valence-corrected chi connectivity index (χ0v) is 33.7. The quantitative estimate of drug-likeness (QED) is 0.0508. The van der Waals surface area contributed by atoms with Crippen molar-refractivity contribution in [2.24, 2.45) is 28.8 Å². The maximum atomic E-state index is 14.7. The summed E-state index contributed by atoms with van der Waals surface area (Å²) in [6, 6.07) is 5.55. The maximum absolute atomic E-state index is 14.7. The summed E-state index contributed by atoms with van der Waals surface area (Å²) in [5, 5.41) is 33.9. The summed E-state index contributed by atoms with van der Waals surface area (Å²) in [4.78, 5) is 24.5. The van der Waals surface area contributed by atoms with Crippen LogP contribution in [0.25, 0.3) is 0 Å². The van der Waals surface area contributed by atoms with Crippen molar-refractivity contribution in [3.05, 3.63) is 48.1 Å². The monoisotopic (exact) mass is 781 g/mol. The van der Waals surface area contributed by atoms with E-state index in [1.165, 1.54) is 12.8 Å². The van der Waals surface area contributed by atoms with Crippen LogP contribution in [0.4, 0.5) is 0 Å². The number of hydrogen-bond acceptors (Lipinski definition) is 11. The Hall–Kier alpha value is -3.00. The van der Waals surface area contributed by atoms with E-state index in [0.29, 0.717) is 44.1 Å². The van der Waals surface area contributed by atoms with Crippen LogP contribution in [0, 0.1) is 23.7 Å². The van der Waals surface area contributed by atoms with Gasteiger partial charge in [-0.3, -0.25) is 9.69 Å². The summed E-state index contributed by atoms with van der Waals surface area (Å²) in [7, 11) is 1.57. The first-order valence-electron chi connectivity index (χ1n) is 21.4. The lowest BCUT2D eigenvalue weighted by molar-refractivity contribution is -0.258. The fourth-order valence-electron chi connectivity index (χ4n) is 9.99. The van der Waals surface area contributed by atoms with E-state index in [4.69, 9.17) is 28.9 Å². The fraction of sp³-hybridized carbons (Fsp3) is 0.727. The van der Waals surface area contributed by atoms with Crippen LogP contribution in [0.3, 0.4) is 0 Å². The van der Waals surface area contributed by atoms with Gasteiger partial charge in [0.15, 0.2) is 0 Å². The topological polar surface area (TPSA) is 143 Å². The summed E-state index contributed by atoms with van der Waals surface area (Å²) >= 11 is 0. The molecule has 1 amide bonds. The molecule has 0 radical (unpaired) electrons. The molecule has 12 nitrogen and oxygen atoms in total. The minimum atomic E-state index is -1.31. The van der Waals surface area contributed by atoms with Crippen LogP contribution in [0.15, 0.2) is 47.7 Å². The van der Waals surface area contributed by atoms with E-state index in [9.17, 15) is 20.1 Å². The molecule has 3 aliphatic carbocycles. The molecule has 6 atom stereocenters. The van der Waals surface area contributed by atoms with Crippen molar-refractivity contribution < 1.29 is 43.9 Å². The van der Waals surface area contributed by atoms with Crippen LogP contribution in [0.5, 0.6) is 11.5 Å².